The molecule has 4 atom stereocenters. The van der Waals surface area contributed by atoms with Crippen molar-refractivity contribution in [1.29, 1.82) is 0 Å². The van der Waals surface area contributed by atoms with Gasteiger partial charge in [-0.1, -0.05) is 24.3 Å². The molecule has 2 aliphatic heterocycles. The first-order valence-corrected chi connectivity index (χ1v) is 9.13. The minimum atomic E-state index is -0.141. The maximum atomic E-state index is 11.3. The Kier molecular flexibility index (Phi) is 5.90. The van der Waals surface area contributed by atoms with E-state index in [0.29, 0.717) is 24.4 Å². The summed E-state index contributed by atoms with van der Waals surface area (Å²) in [6, 6.07) is 8.50. The highest BCUT2D eigenvalue weighted by Gasteiger charge is 2.47. The van der Waals surface area contributed by atoms with Gasteiger partial charge >= 0.3 is 5.97 Å². The number of ether oxygens (including phenoxy) is 2. The number of hydrogen-bond acceptors (Lipinski definition) is 4. The normalized spacial score (nSPS) is 28.2. The van der Waals surface area contributed by atoms with Crippen LogP contribution in [0.15, 0.2) is 24.3 Å². The van der Waals surface area contributed by atoms with Crippen molar-refractivity contribution in [2.24, 2.45) is 11.8 Å². The number of aliphatic hydroxyl groups excluding tert-OH is 1. The summed E-state index contributed by atoms with van der Waals surface area (Å²) in [5.74, 6) is 0.657. The van der Waals surface area contributed by atoms with Gasteiger partial charge in [0.2, 0.25) is 0 Å². The Hall–Kier alpha value is -1.39. The lowest BCUT2D eigenvalue weighted by Gasteiger charge is -2.26. The zero-order valence-electron chi connectivity index (χ0n) is 14.4. The Morgan fingerprint density at radius 2 is 1.83 bits per heavy atom. The van der Waals surface area contributed by atoms with Crippen LogP contribution >= 0.6 is 0 Å². The monoisotopic (exact) mass is 332 g/mol. The first-order valence-electron chi connectivity index (χ1n) is 9.13. The average molecular weight is 332 g/mol. The summed E-state index contributed by atoms with van der Waals surface area (Å²) in [4.78, 5) is 11.3. The SMILES string of the molecule is COC(=O)CCCc1ccccc1CC[C@@H]1[C@H](CO)[C@H]2CC[C@@H]1O2. The van der Waals surface area contributed by atoms with E-state index < -0.39 is 0 Å². The summed E-state index contributed by atoms with van der Waals surface area (Å²) in [5, 5.41) is 9.68. The minimum absolute atomic E-state index is 0.141. The fourth-order valence-electron chi connectivity index (χ4n) is 4.42. The molecule has 0 saturated carbocycles. The van der Waals surface area contributed by atoms with Crippen LogP contribution in [0.2, 0.25) is 0 Å². The Balaban J connectivity index is 1.56. The fraction of sp³-hybridized carbons (Fsp3) is 0.650. The minimum Gasteiger partial charge on any atom is -0.469 e. The molecule has 132 valence electrons. The third kappa shape index (κ3) is 3.81. The molecular formula is C20H28O4. The summed E-state index contributed by atoms with van der Waals surface area (Å²) in [5.41, 5.74) is 2.69. The van der Waals surface area contributed by atoms with Crippen molar-refractivity contribution in [2.75, 3.05) is 13.7 Å². The van der Waals surface area contributed by atoms with Crippen molar-refractivity contribution in [1.82, 2.24) is 0 Å². The molecule has 0 aliphatic carbocycles. The molecule has 0 radical (unpaired) electrons. The van der Waals surface area contributed by atoms with Crippen molar-refractivity contribution in [3.63, 3.8) is 0 Å². The van der Waals surface area contributed by atoms with Gasteiger partial charge in [-0.15, -0.1) is 0 Å². The van der Waals surface area contributed by atoms with Crippen molar-refractivity contribution in [3.05, 3.63) is 35.4 Å². The summed E-state index contributed by atoms with van der Waals surface area (Å²) in [6.45, 7) is 0.243. The summed E-state index contributed by atoms with van der Waals surface area (Å²) in [7, 11) is 1.44. The third-order valence-electron chi connectivity index (χ3n) is 5.72. The number of carbonyl (C=O) groups is 1. The van der Waals surface area contributed by atoms with Crippen LogP contribution < -0.4 is 0 Å². The van der Waals surface area contributed by atoms with E-state index in [4.69, 9.17) is 9.47 Å². The predicted octanol–water partition coefficient (Wildman–Crippen LogP) is 2.90. The van der Waals surface area contributed by atoms with E-state index in [1.165, 1.54) is 18.2 Å². The van der Waals surface area contributed by atoms with Crippen LogP contribution in [0.4, 0.5) is 0 Å². The second-order valence-corrected chi connectivity index (χ2v) is 7.04. The molecule has 0 amide bonds. The second kappa shape index (κ2) is 8.13. The highest BCUT2D eigenvalue weighted by atomic mass is 16.5. The summed E-state index contributed by atoms with van der Waals surface area (Å²) >= 11 is 0. The van der Waals surface area contributed by atoms with Gasteiger partial charge in [0.25, 0.3) is 0 Å². The molecule has 1 N–H and O–H groups in total. The number of esters is 1. The molecule has 0 unspecified atom stereocenters. The topological polar surface area (TPSA) is 55.8 Å². The van der Waals surface area contributed by atoms with Gasteiger partial charge in [-0.2, -0.15) is 0 Å². The van der Waals surface area contributed by atoms with E-state index in [1.807, 2.05) is 0 Å². The lowest BCUT2D eigenvalue weighted by molar-refractivity contribution is -0.140. The molecule has 0 aromatic heterocycles. The first kappa shape index (κ1) is 17.4. The zero-order chi connectivity index (χ0) is 16.9. The largest absolute Gasteiger partial charge is 0.469 e. The molecule has 24 heavy (non-hydrogen) atoms. The number of fused-ring (bicyclic) bond motifs is 2. The van der Waals surface area contributed by atoms with Gasteiger partial charge in [0.05, 0.1) is 19.3 Å². The molecule has 0 spiro atoms. The predicted molar refractivity (Wildman–Crippen MR) is 91.7 cm³/mol. The highest BCUT2D eigenvalue weighted by molar-refractivity contribution is 5.69. The Bertz CT molecular complexity index is 556. The zero-order valence-corrected chi connectivity index (χ0v) is 14.4. The van der Waals surface area contributed by atoms with Gasteiger partial charge in [-0.3, -0.25) is 4.79 Å². The van der Waals surface area contributed by atoms with E-state index in [0.717, 1.165) is 38.5 Å². The standard InChI is InChI=1S/C20H28O4/c1-23-20(22)8-4-7-14-5-2-3-6-15(14)9-10-16-17(13-21)19-12-11-18(16)24-19/h2-3,5-6,16-19,21H,4,7-13H2,1H3/t16-,17+,18+,19-/m1/s1. The van der Waals surface area contributed by atoms with E-state index in [1.54, 1.807) is 0 Å². The molecule has 3 rings (SSSR count). The Morgan fingerprint density at radius 3 is 2.50 bits per heavy atom. The van der Waals surface area contributed by atoms with E-state index in [2.05, 4.69) is 24.3 Å². The number of aliphatic hydroxyl groups is 1. The van der Waals surface area contributed by atoms with Gasteiger partial charge in [0.1, 0.15) is 0 Å². The molecule has 1 aromatic rings. The third-order valence-corrected chi connectivity index (χ3v) is 5.72. The molecule has 2 fully saturated rings. The van der Waals surface area contributed by atoms with E-state index in [9.17, 15) is 9.90 Å². The van der Waals surface area contributed by atoms with Gasteiger partial charge < -0.3 is 14.6 Å². The van der Waals surface area contributed by atoms with Crippen LogP contribution in [0.25, 0.3) is 0 Å². The van der Waals surface area contributed by atoms with Crippen LogP contribution in [0.1, 0.15) is 43.2 Å². The number of benzene rings is 1. The molecule has 2 heterocycles. The number of hydrogen-bond donors (Lipinski definition) is 1. The fourth-order valence-corrected chi connectivity index (χ4v) is 4.42. The maximum absolute atomic E-state index is 11.3. The lowest BCUT2D eigenvalue weighted by atomic mass is 9.76. The van der Waals surface area contributed by atoms with Crippen LogP contribution in [-0.4, -0.2) is 37.0 Å². The highest BCUT2D eigenvalue weighted by Crippen LogP contribution is 2.45. The number of aryl methyl sites for hydroxylation is 2. The second-order valence-electron chi connectivity index (χ2n) is 7.04. The van der Waals surface area contributed by atoms with Gasteiger partial charge in [0, 0.05) is 18.9 Å². The molecule has 1 aromatic carbocycles. The van der Waals surface area contributed by atoms with Gasteiger partial charge in [-0.05, 0) is 55.6 Å². The van der Waals surface area contributed by atoms with Gasteiger partial charge in [0.15, 0.2) is 0 Å². The number of rotatable bonds is 8. The van der Waals surface area contributed by atoms with Crippen molar-refractivity contribution < 1.29 is 19.4 Å². The van der Waals surface area contributed by atoms with E-state index >= 15 is 0 Å². The molecule has 2 saturated heterocycles. The van der Waals surface area contributed by atoms with E-state index in [-0.39, 0.29) is 18.7 Å². The molecule has 2 aliphatic rings. The molecule has 4 nitrogen and oxygen atoms in total. The molecule has 2 bridgehead atoms. The summed E-state index contributed by atoms with van der Waals surface area (Å²) in [6.07, 6.45) is 7.16. The van der Waals surface area contributed by atoms with Crippen LogP contribution in [0.3, 0.4) is 0 Å². The maximum Gasteiger partial charge on any atom is 0.305 e. The first-order chi connectivity index (χ1) is 11.7. The lowest BCUT2D eigenvalue weighted by Crippen LogP contribution is -2.30. The average Bonchev–Trinajstić information content (AvgIpc) is 3.21. The van der Waals surface area contributed by atoms with Gasteiger partial charge in [-0.25, -0.2) is 0 Å². The van der Waals surface area contributed by atoms with Crippen molar-refractivity contribution in [2.45, 2.75) is 57.2 Å². The smallest absolute Gasteiger partial charge is 0.305 e. The summed E-state index contributed by atoms with van der Waals surface area (Å²) < 4.78 is 10.7. The Labute approximate surface area is 144 Å². The number of methoxy groups -OCH3 is 1. The van der Waals surface area contributed by atoms with Crippen LogP contribution in [0.5, 0.6) is 0 Å². The number of carbonyl (C=O) groups excluding carboxylic acids is 1. The van der Waals surface area contributed by atoms with Crippen molar-refractivity contribution in [3.8, 4) is 0 Å². The molecular weight excluding hydrogens is 304 g/mol. The quantitative estimate of drug-likeness (QED) is 0.744. The molecule has 4 heteroatoms. The van der Waals surface area contributed by atoms with Crippen LogP contribution in [-0.2, 0) is 27.1 Å². The Morgan fingerprint density at radius 1 is 1.17 bits per heavy atom. The van der Waals surface area contributed by atoms with Crippen molar-refractivity contribution >= 4 is 5.97 Å². The van der Waals surface area contributed by atoms with Crippen LogP contribution in [0, 0.1) is 11.8 Å².